The van der Waals surface area contributed by atoms with Crippen LogP contribution < -0.4 is 11.2 Å². The van der Waals surface area contributed by atoms with Crippen molar-refractivity contribution in [1.29, 1.82) is 0 Å². The number of ketones is 1. The number of Topliss-reactive ketones (excluding diaryl/α,β-unsaturated/α-hetero) is 1. The van der Waals surface area contributed by atoms with Crippen LogP contribution in [-0.4, -0.2) is 33.2 Å². The number of aromatic nitrogens is 3. The smallest absolute Gasteiger partial charge is 0.292 e. The second-order valence-electron chi connectivity index (χ2n) is 6.44. The molecular formula is C18H16Cl2N4O3. The molecule has 0 atom stereocenters. The Bertz CT molecular complexity index is 1070. The van der Waals surface area contributed by atoms with Crippen molar-refractivity contribution >= 4 is 34.7 Å². The number of halogens is 2. The summed E-state index contributed by atoms with van der Waals surface area (Å²) in [5.74, 6) is 0.124. The number of benzene rings is 1. The highest BCUT2D eigenvalue weighted by Crippen LogP contribution is 2.31. The van der Waals surface area contributed by atoms with E-state index in [4.69, 9.17) is 23.2 Å². The SMILES string of the molecule is CC(C)C1=CC(Cc2c(Cl)cc(-c3n[nH]c(=O)[nH]c3=O)cc2Cl)=NCC1=O. The van der Waals surface area contributed by atoms with Gasteiger partial charge in [0.15, 0.2) is 11.5 Å². The first-order chi connectivity index (χ1) is 12.8. The monoisotopic (exact) mass is 406 g/mol. The molecule has 0 amide bonds. The normalized spacial score (nSPS) is 14.3. The number of carbonyl (C=O) groups excluding carboxylic acids is 1. The molecule has 1 aliphatic rings. The van der Waals surface area contributed by atoms with E-state index in [9.17, 15) is 14.4 Å². The van der Waals surface area contributed by atoms with Crippen molar-refractivity contribution in [3.8, 4) is 11.3 Å². The highest BCUT2D eigenvalue weighted by molar-refractivity contribution is 6.37. The molecule has 9 heteroatoms. The van der Waals surface area contributed by atoms with Crippen LogP contribution in [0.3, 0.4) is 0 Å². The molecule has 0 saturated carbocycles. The van der Waals surface area contributed by atoms with Crippen LogP contribution in [0.15, 0.2) is 38.4 Å². The van der Waals surface area contributed by atoms with Gasteiger partial charge in [-0.1, -0.05) is 37.0 Å². The van der Waals surface area contributed by atoms with Gasteiger partial charge in [-0.3, -0.25) is 19.6 Å². The average molecular weight is 407 g/mol. The number of allylic oxidation sites excluding steroid dienone is 1. The molecular weight excluding hydrogens is 391 g/mol. The Morgan fingerprint density at radius 3 is 2.41 bits per heavy atom. The van der Waals surface area contributed by atoms with E-state index in [0.717, 1.165) is 11.3 Å². The van der Waals surface area contributed by atoms with E-state index in [-0.39, 0.29) is 23.9 Å². The summed E-state index contributed by atoms with van der Waals surface area (Å²) in [6, 6.07) is 3.11. The maximum atomic E-state index is 11.9. The number of H-pyrrole nitrogens is 2. The van der Waals surface area contributed by atoms with Crippen molar-refractivity contribution in [2.45, 2.75) is 20.3 Å². The van der Waals surface area contributed by atoms with E-state index in [1.807, 2.05) is 13.8 Å². The molecule has 3 rings (SSSR count). The Kier molecular flexibility index (Phi) is 5.43. The molecule has 2 N–H and O–H groups in total. The molecule has 140 valence electrons. The molecule has 0 radical (unpaired) electrons. The lowest BCUT2D eigenvalue weighted by Gasteiger charge is -2.16. The quantitative estimate of drug-likeness (QED) is 0.812. The first-order valence-corrected chi connectivity index (χ1v) is 8.97. The van der Waals surface area contributed by atoms with E-state index in [2.05, 4.69) is 20.2 Å². The van der Waals surface area contributed by atoms with Crippen LogP contribution in [0.2, 0.25) is 10.0 Å². The van der Waals surface area contributed by atoms with E-state index in [1.165, 1.54) is 0 Å². The maximum Gasteiger partial charge on any atom is 0.342 e. The van der Waals surface area contributed by atoms with Gasteiger partial charge in [-0.15, -0.1) is 0 Å². The van der Waals surface area contributed by atoms with E-state index in [1.54, 1.807) is 18.2 Å². The summed E-state index contributed by atoms with van der Waals surface area (Å²) >= 11 is 12.8. The molecule has 0 bridgehead atoms. The number of dihydropyridines is 1. The summed E-state index contributed by atoms with van der Waals surface area (Å²) in [6.45, 7) is 4.02. The number of nitrogens with zero attached hydrogens (tertiary/aromatic N) is 2. The second-order valence-corrected chi connectivity index (χ2v) is 7.25. The molecule has 2 heterocycles. The molecule has 2 aromatic rings. The van der Waals surface area contributed by atoms with Crippen molar-refractivity contribution in [3.63, 3.8) is 0 Å². The van der Waals surface area contributed by atoms with Crippen molar-refractivity contribution < 1.29 is 4.79 Å². The maximum absolute atomic E-state index is 11.9. The van der Waals surface area contributed by atoms with Gasteiger partial charge in [-0.05, 0) is 29.7 Å². The van der Waals surface area contributed by atoms with Crippen molar-refractivity contribution in [2.75, 3.05) is 6.54 Å². The van der Waals surface area contributed by atoms with Gasteiger partial charge in [0.05, 0.1) is 0 Å². The molecule has 1 aromatic carbocycles. The highest BCUT2D eigenvalue weighted by atomic mass is 35.5. The number of carbonyl (C=O) groups is 1. The van der Waals surface area contributed by atoms with Gasteiger partial charge < -0.3 is 0 Å². The van der Waals surface area contributed by atoms with Crippen LogP contribution >= 0.6 is 23.2 Å². The van der Waals surface area contributed by atoms with E-state index < -0.39 is 11.2 Å². The molecule has 1 aromatic heterocycles. The first-order valence-electron chi connectivity index (χ1n) is 8.21. The number of hydrogen-bond donors (Lipinski definition) is 2. The van der Waals surface area contributed by atoms with E-state index >= 15 is 0 Å². The molecule has 7 nitrogen and oxygen atoms in total. The van der Waals surface area contributed by atoms with Crippen molar-refractivity contribution in [2.24, 2.45) is 10.9 Å². The van der Waals surface area contributed by atoms with Crippen LogP contribution in [0.5, 0.6) is 0 Å². The largest absolute Gasteiger partial charge is 0.342 e. The summed E-state index contributed by atoms with van der Waals surface area (Å²) in [5, 5.41) is 6.59. The van der Waals surface area contributed by atoms with Crippen LogP contribution in [-0.2, 0) is 11.2 Å². The van der Waals surface area contributed by atoms with Crippen molar-refractivity contribution in [1.82, 2.24) is 15.2 Å². The number of aliphatic imine (C=N–C) groups is 1. The minimum Gasteiger partial charge on any atom is -0.292 e. The summed E-state index contributed by atoms with van der Waals surface area (Å²) < 4.78 is 0. The summed E-state index contributed by atoms with van der Waals surface area (Å²) in [5.41, 5.74) is 1.13. The zero-order chi connectivity index (χ0) is 19.7. The Balaban J connectivity index is 1.96. The standard InChI is InChI=1S/C18H16Cl2N4O3/c1-8(2)11-5-10(21-7-15(11)25)6-12-13(19)3-9(4-14(12)20)16-17(26)22-18(27)24-23-16/h3-5,8H,6-7H2,1-2H3,(H2,22,24,26,27). The Hall–Kier alpha value is -2.51. The third-order valence-electron chi connectivity index (χ3n) is 4.18. The number of hydrogen-bond acceptors (Lipinski definition) is 5. The number of rotatable bonds is 4. The topological polar surface area (TPSA) is 108 Å². The Morgan fingerprint density at radius 2 is 1.81 bits per heavy atom. The molecule has 27 heavy (non-hydrogen) atoms. The fourth-order valence-corrected chi connectivity index (χ4v) is 3.42. The lowest BCUT2D eigenvalue weighted by molar-refractivity contribution is -0.114. The van der Waals surface area contributed by atoms with Gasteiger partial charge in [0.2, 0.25) is 0 Å². The first kappa shape index (κ1) is 19.3. The van der Waals surface area contributed by atoms with Crippen LogP contribution in [0.1, 0.15) is 19.4 Å². The molecule has 0 fully saturated rings. The minimum atomic E-state index is -0.699. The van der Waals surface area contributed by atoms with Crippen LogP contribution in [0.4, 0.5) is 0 Å². The average Bonchev–Trinajstić information content (AvgIpc) is 2.59. The van der Waals surface area contributed by atoms with Gasteiger partial charge in [0.1, 0.15) is 6.54 Å². The lowest BCUT2D eigenvalue weighted by Crippen LogP contribution is -2.25. The Labute approximate surface area is 164 Å². The summed E-state index contributed by atoms with van der Waals surface area (Å²) in [6.07, 6.45) is 2.14. The summed E-state index contributed by atoms with van der Waals surface area (Å²) in [4.78, 5) is 41.4. The van der Waals surface area contributed by atoms with Crippen LogP contribution in [0.25, 0.3) is 11.3 Å². The predicted octanol–water partition coefficient (Wildman–Crippen LogP) is 2.58. The molecule has 0 spiro atoms. The van der Waals surface area contributed by atoms with Gasteiger partial charge in [-0.2, -0.15) is 5.10 Å². The number of aromatic amines is 2. The van der Waals surface area contributed by atoms with Crippen LogP contribution in [0, 0.1) is 5.92 Å². The Morgan fingerprint density at radius 1 is 1.15 bits per heavy atom. The van der Waals surface area contributed by atoms with Gasteiger partial charge in [0.25, 0.3) is 5.56 Å². The molecule has 1 aliphatic heterocycles. The van der Waals surface area contributed by atoms with Crippen molar-refractivity contribution in [3.05, 3.63) is 60.2 Å². The third-order valence-corrected chi connectivity index (χ3v) is 4.85. The lowest BCUT2D eigenvalue weighted by atomic mass is 9.93. The fraction of sp³-hybridized carbons (Fsp3) is 0.278. The number of nitrogens with one attached hydrogen (secondary N) is 2. The minimum absolute atomic E-state index is 0.00698. The third kappa shape index (κ3) is 4.09. The fourth-order valence-electron chi connectivity index (χ4n) is 2.80. The zero-order valence-electron chi connectivity index (χ0n) is 14.6. The van der Waals surface area contributed by atoms with E-state index in [0.29, 0.717) is 27.6 Å². The summed E-state index contributed by atoms with van der Waals surface area (Å²) in [7, 11) is 0. The zero-order valence-corrected chi connectivity index (χ0v) is 16.1. The molecule has 0 saturated heterocycles. The van der Waals surface area contributed by atoms with Gasteiger partial charge in [0, 0.05) is 33.3 Å². The van der Waals surface area contributed by atoms with Gasteiger partial charge >= 0.3 is 5.69 Å². The molecule has 0 aliphatic carbocycles. The predicted molar refractivity (Wildman–Crippen MR) is 105 cm³/mol. The molecule has 0 unspecified atom stereocenters. The van der Waals surface area contributed by atoms with Gasteiger partial charge in [-0.25, -0.2) is 9.89 Å². The highest BCUT2D eigenvalue weighted by Gasteiger charge is 2.20. The second kappa shape index (κ2) is 7.62.